The van der Waals surface area contributed by atoms with E-state index in [9.17, 15) is 10.1 Å². The molecule has 3 rings (SSSR count). The number of benzene rings is 2. The third kappa shape index (κ3) is 2.92. The van der Waals surface area contributed by atoms with E-state index in [1.165, 1.54) is 17.7 Å². The Bertz CT molecular complexity index is 703. The van der Waals surface area contributed by atoms with E-state index in [2.05, 4.69) is 10.6 Å². The predicted molar refractivity (Wildman–Crippen MR) is 84.6 cm³/mol. The summed E-state index contributed by atoms with van der Waals surface area (Å²) < 4.78 is 0. The predicted octanol–water partition coefficient (Wildman–Crippen LogP) is 4.35. The zero-order valence-corrected chi connectivity index (χ0v) is 12.0. The van der Waals surface area contributed by atoms with Crippen molar-refractivity contribution in [2.24, 2.45) is 0 Å². The van der Waals surface area contributed by atoms with E-state index in [4.69, 9.17) is 11.6 Å². The fourth-order valence-corrected chi connectivity index (χ4v) is 2.65. The minimum atomic E-state index is -0.418. The van der Waals surface area contributed by atoms with Gasteiger partial charge in [-0.3, -0.25) is 10.1 Å². The maximum absolute atomic E-state index is 11.1. The topological polar surface area (TPSA) is 67.2 Å². The molecule has 0 atom stereocenters. The van der Waals surface area contributed by atoms with Crippen molar-refractivity contribution in [2.75, 3.05) is 17.2 Å². The third-order valence-electron chi connectivity index (χ3n) is 3.48. The van der Waals surface area contributed by atoms with Crippen LogP contribution >= 0.6 is 11.6 Å². The van der Waals surface area contributed by atoms with Crippen LogP contribution in [0.2, 0.25) is 5.02 Å². The Kier molecular flexibility index (Phi) is 3.66. The molecule has 108 valence electrons. The van der Waals surface area contributed by atoms with E-state index in [0.717, 1.165) is 30.8 Å². The first-order chi connectivity index (χ1) is 10.1. The molecule has 2 aromatic rings. The van der Waals surface area contributed by atoms with Crippen molar-refractivity contribution >= 4 is 34.4 Å². The number of anilines is 3. The minimum absolute atomic E-state index is 0.00949. The van der Waals surface area contributed by atoms with E-state index < -0.39 is 4.92 Å². The Morgan fingerprint density at radius 3 is 2.90 bits per heavy atom. The normalized spacial score (nSPS) is 13.2. The van der Waals surface area contributed by atoms with Crippen molar-refractivity contribution in [1.82, 2.24) is 0 Å². The van der Waals surface area contributed by atoms with Gasteiger partial charge in [0.25, 0.3) is 5.69 Å². The molecule has 0 saturated carbocycles. The number of nitro benzene ring substituents is 1. The van der Waals surface area contributed by atoms with Crippen molar-refractivity contribution in [3.63, 3.8) is 0 Å². The van der Waals surface area contributed by atoms with Crippen LogP contribution in [-0.4, -0.2) is 11.5 Å². The number of nitrogens with one attached hydrogen (secondary N) is 2. The van der Waals surface area contributed by atoms with Crippen LogP contribution in [0.4, 0.5) is 22.7 Å². The molecule has 0 amide bonds. The highest BCUT2D eigenvalue weighted by Crippen LogP contribution is 2.32. The molecule has 2 aromatic carbocycles. The van der Waals surface area contributed by atoms with Gasteiger partial charge in [-0.2, -0.15) is 0 Å². The van der Waals surface area contributed by atoms with Crippen LogP contribution in [0.25, 0.3) is 0 Å². The fraction of sp³-hybridized carbons (Fsp3) is 0.200. The maximum atomic E-state index is 11.1. The maximum Gasteiger partial charge on any atom is 0.292 e. The second-order valence-corrected chi connectivity index (χ2v) is 5.38. The second kappa shape index (κ2) is 5.61. The Hall–Kier alpha value is -2.27. The van der Waals surface area contributed by atoms with Gasteiger partial charge in [-0.25, -0.2) is 0 Å². The van der Waals surface area contributed by atoms with Gasteiger partial charge in [-0.15, -0.1) is 0 Å². The van der Waals surface area contributed by atoms with Gasteiger partial charge in [0.05, 0.1) is 4.92 Å². The van der Waals surface area contributed by atoms with Gasteiger partial charge < -0.3 is 10.6 Å². The van der Waals surface area contributed by atoms with Crippen LogP contribution < -0.4 is 10.6 Å². The molecular formula is C15H14ClN3O2. The zero-order chi connectivity index (χ0) is 14.8. The highest BCUT2D eigenvalue weighted by atomic mass is 35.5. The van der Waals surface area contributed by atoms with Crippen molar-refractivity contribution < 1.29 is 4.92 Å². The molecule has 0 fully saturated rings. The number of fused-ring (bicyclic) bond motifs is 1. The molecule has 1 aliphatic heterocycles. The van der Waals surface area contributed by atoms with Crippen LogP contribution in [0.3, 0.4) is 0 Å². The lowest BCUT2D eigenvalue weighted by molar-refractivity contribution is -0.383. The van der Waals surface area contributed by atoms with E-state index >= 15 is 0 Å². The van der Waals surface area contributed by atoms with Crippen LogP contribution in [0.5, 0.6) is 0 Å². The van der Waals surface area contributed by atoms with Gasteiger partial charge >= 0.3 is 0 Å². The lowest BCUT2D eigenvalue weighted by Gasteiger charge is -2.19. The Morgan fingerprint density at radius 2 is 2.10 bits per heavy atom. The van der Waals surface area contributed by atoms with E-state index in [0.29, 0.717) is 10.7 Å². The van der Waals surface area contributed by atoms with Gasteiger partial charge in [0.15, 0.2) is 0 Å². The number of nitro groups is 1. The number of aryl methyl sites for hydroxylation is 1. The summed E-state index contributed by atoms with van der Waals surface area (Å²) in [5, 5.41) is 18.0. The summed E-state index contributed by atoms with van der Waals surface area (Å²) in [6.07, 6.45) is 2.10. The lowest BCUT2D eigenvalue weighted by atomic mass is 10.0. The summed E-state index contributed by atoms with van der Waals surface area (Å²) in [4.78, 5) is 10.7. The van der Waals surface area contributed by atoms with Gasteiger partial charge in [0.2, 0.25) is 0 Å². The average molecular weight is 304 g/mol. The molecule has 0 aromatic heterocycles. The highest BCUT2D eigenvalue weighted by Gasteiger charge is 2.15. The van der Waals surface area contributed by atoms with Gasteiger partial charge in [0.1, 0.15) is 5.69 Å². The number of rotatable bonds is 3. The fourth-order valence-electron chi connectivity index (χ4n) is 2.48. The Labute approximate surface area is 127 Å². The minimum Gasteiger partial charge on any atom is -0.385 e. The van der Waals surface area contributed by atoms with Gasteiger partial charge in [-0.1, -0.05) is 11.6 Å². The Morgan fingerprint density at radius 1 is 1.24 bits per heavy atom. The van der Waals surface area contributed by atoms with Gasteiger partial charge in [0, 0.05) is 29.0 Å². The van der Waals surface area contributed by atoms with Crippen LogP contribution in [0, 0.1) is 10.1 Å². The summed E-state index contributed by atoms with van der Waals surface area (Å²) in [6.45, 7) is 0.986. The summed E-state index contributed by atoms with van der Waals surface area (Å²) >= 11 is 5.93. The molecule has 21 heavy (non-hydrogen) atoms. The van der Waals surface area contributed by atoms with Crippen molar-refractivity contribution in [1.29, 1.82) is 0 Å². The lowest BCUT2D eigenvalue weighted by Crippen LogP contribution is -2.11. The first-order valence-electron chi connectivity index (χ1n) is 6.71. The molecule has 1 aliphatic rings. The molecule has 5 nitrogen and oxygen atoms in total. The number of hydrogen-bond donors (Lipinski definition) is 2. The number of hydrogen-bond acceptors (Lipinski definition) is 4. The van der Waals surface area contributed by atoms with Crippen LogP contribution in [-0.2, 0) is 6.42 Å². The summed E-state index contributed by atoms with van der Waals surface area (Å²) in [6, 6.07) is 10.4. The Balaban J connectivity index is 1.93. The molecule has 1 heterocycles. The molecular weight excluding hydrogens is 290 g/mol. The SMILES string of the molecule is O=[N+]([O-])c1ccc(Cl)cc1Nc1ccc2c(c1)CCCN2. The van der Waals surface area contributed by atoms with Gasteiger partial charge in [-0.05, 0) is 48.7 Å². The highest BCUT2D eigenvalue weighted by molar-refractivity contribution is 6.31. The quantitative estimate of drug-likeness (QED) is 0.653. The molecule has 0 spiro atoms. The van der Waals surface area contributed by atoms with Crippen molar-refractivity contribution in [2.45, 2.75) is 12.8 Å². The van der Waals surface area contributed by atoms with Crippen molar-refractivity contribution in [3.8, 4) is 0 Å². The summed E-state index contributed by atoms with van der Waals surface area (Å²) in [7, 11) is 0. The molecule has 2 N–H and O–H groups in total. The van der Waals surface area contributed by atoms with Crippen LogP contribution in [0.1, 0.15) is 12.0 Å². The molecule has 0 bridgehead atoms. The van der Waals surface area contributed by atoms with Crippen LogP contribution in [0.15, 0.2) is 36.4 Å². The number of nitrogens with zero attached hydrogens (tertiary/aromatic N) is 1. The molecule has 0 unspecified atom stereocenters. The third-order valence-corrected chi connectivity index (χ3v) is 3.71. The first-order valence-corrected chi connectivity index (χ1v) is 7.09. The van der Waals surface area contributed by atoms with E-state index in [1.807, 2.05) is 18.2 Å². The average Bonchev–Trinajstić information content (AvgIpc) is 2.47. The molecule has 0 aliphatic carbocycles. The zero-order valence-electron chi connectivity index (χ0n) is 11.2. The second-order valence-electron chi connectivity index (χ2n) is 4.95. The molecule has 0 saturated heterocycles. The monoisotopic (exact) mass is 303 g/mol. The van der Waals surface area contributed by atoms with Crippen molar-refractivity contribution in [3.05, 3.63) is 57.1 Å². The smallest absolute Gasteiger partial charge is 0.292 e. The summed E-state index contributed by atoms with van der Waals surface area (Å²) in [5.41, 5.74) is 3.58. The summed E-state index contributed by atoms with van der Waals surface area (Å²) in [5.74, 6) is 0. The van der Waals surface area contributed by atoms with E-state index in [-0.39, 0.29) is 5.69 Å². The number of halogens is 1. The largest absolute Gasteiger partial charge is 0.385 e. The van der Waals surface area contributed by atoms with E-state index in [1.54, 1.807) is 6.07 Å². The molecule has 0 radical (unpaired) electrons. The standard InChI is InChI=1S/C15H14ClN3O2/c16-11-3-6-15(19(20)21)14(9-11)18-12-4-5-13-10(8-12)2-1-7-17-13/h3-6,8-9,17-18H,1-2,7H2. The first kappa shape index (κ1) is 13.7. The molecule has 6 heteroatoms.